The third-order valence-corrected chi connectivity index (χ3v) is 4.33. The van der Waals surface area contributed by atoms with E-state index in [4.69, 9.17) is 4.74 Å². The minimum atomic E-state index is 0.597. The Labute approximate surface area is 96.2 Å². The molecule has 2 heteroatoms. The average Bonchev–Trinajstić information content (AvgIpc) is 2.15. The quantitative estimate of drug-likeness (QED) is 0.764. The van der Waals surface area contributed by atoms with Gasteiger partial charge in [-0.3, -0.25) is 0 Å². The van der Waals surface area contributed by atoms with Crippen LogP contribution >= 0.6 is 11.8 Å². The summed E-state index contributed by atoms with van der Waals surface area (Å²) in [5.41, 5.74) is 2.80. The Kier molecular flexibility index (Phi) is 3.25. The molecule has 15 heavy (non-hydrogen) atoms. The molecule has 0 bridgehead atoms. The molecule has 1 fully saturated rings. The summed E-state index contributed by atoms with van der Waals surface area (Å²) in [6.45, 7) is 4.47. The van der Waals surface area contributed by atoms with Crippen LogP contribution in [0.4, 0.5) is 0 Å². The molecule has 1 aromatic carbocycles. The van der Waals surface area contributed by atoms with Crippen LogP contribution in [0.5, 0.6) is 5.75 Å². The van der Waals surface area contributed by atoms with Gasteiger partial charge in [0.1, 0.15) is 5.75 Å². The highest BCUT2D eigenvalue weighted by atomic mass is 32.2. The van der Waals surface area contributed by atoms with E-state index in [1.165, 1.54) is 23.3 Å². The van der Waals surface area contributed by atoms with Gasteiger partial charge < -0.3 is 4.74 Å². The molecule has 1 nitrogen and oxygen atoms in total. The van der Waals surface area contributed by atoms with E-state index in [1.54, 1.807) is 7.11 Å². The monoisotopic (exact) mass is 222 g/mol. The predicted octanol–water partition coefficient (Wildman–Crippen LogP) is 4.00. The number of ether oxygens (including phenoxy) is 1. The zero-order valence-corrected chi connectivity index (χ0v) is 10.4. The van der Waals surface area contributed by atoms with Gasteiger partial charge in [-0.05, 0) is 29.7 Å². The minimum Gasteiger partial charge on any atom is -0.496 e. The Hall–Kier alpha value is -0.630. The lowest BCUT2D eigenvalue weighted by atomic mass is 9.98. The van der Waals surface area contributed by atoms with Gasteiger partial charge in [0.25, 0.3) is 0 Å². The highest BCUT2D eigenvalue weighted by Gasteiger charge is 2.23. The van der Waals surface area contributed by atoms with Crippen molar-refractivity contribution in [2.45, 2.75) is 31.4 Å². The molecule has 0 spiro atoms. The summed E-state index contributed by atoms with van der Waals surface area (Å²) in [6, 6.07) is 6.61. The topological polar surface area (TPSA) is 9.23 Å². The van der Waals surface area contributed by atoms with Crippen molar-refractivity contribution in [2.75, 3.05) is 12.9 Å². The van der Waals surface area contributed by atoms with E-state index < -0.39 is 0 Å². The van der Waals surface area contributed by atoms with Crippen molar-refractivity contribution in [1.29, 1.82) is 0 Å². The molecular weight excluding hydrogens is 204 g/mol. The van der Waals surface area contributed by atoms with Crippen LogP contribution < -0.4 is 4.74 Å². The maximum absolute atomic E-state index is 5.42. The van der Waals surface area contributed by atoms with Crippen LogP contribution in [0, 0.1) is 0 Å². The van der Waals surface area contributed by atoms with Crippen molar-refractivity contribution >= 4 is 11.8 Å². The van der Waals surface area contributed by atoms with Crippen LogP contribution in [-0.2, 0) is 0 Å². The first kappa shape index (κ1) is 10.9. The molecule has 2 rings (SSSR count). The summed E-state index contributed by atoms with van der Waals surface area (Å²) in [4.78, 5) is 0. The van der Waals surface area contributed by atoms with E-state index in [0.29, 0.717) is 11.2 Å². The van der Waals surface area contributed by atoms with E-state index in [1.807, 2.05) is 11.8 Å². The Morgan fingerprint density at radius 2 is 2.13 bits per heavy atom. The van der Waals surface area contributed by atoms with Gasteiger partial charge in [-0.1, -0.05) is 26.0 Å². The van der Waals surface area contributed by atoms with Crippen LogP contribution in [0.15, 0.2) is 18.2 Å². The largest absolute Gasteiger partial charge is 0.496 e. The molecule has 0 aromatic heterocycles. The van der Waals surface area contributed by atoms with E-state index in [2.05, 4.69) is 32.0 Å². The normalized spacial score (nSPS) is 20.1. The second kappa shape index (κ2) is 4.48. The van der Waals surface area contributed by atoms with E-state index >= 15 is 0 Å². The Morgan fingerprint density at radius 1 is 1.40 bits per heavy atom. The Balaban J connectivity index is 2.33. The van der Waals surface area contributed by atoms with Gasteiger partial charge in [-0.15, -0.1) is 0 Å². The third kappa shape index (κ3) is 2.15. The SMILES string of the molecule is COc1ccc(C(C)C)cc1C1CCS1. The van der Waals surface area contributed by atoms with Crippen molar-refractivity contribution in [3.05, 3.63) is 29.3 Å². The smallest absolute Gasteiger partial charge is 0.123 e. The fourth-order valence-electron chi connectivity index (χ4n) is 1.84. The molecule has 1 aliphatic heterocycles. The summed E-state index contributed by atoms with van der Waals surface area (Å²) >= 11 is 2.03. The van der Waals surface area contributed by atoms with Crippen molar-refractivity contribution in [2.24, 2.45) is 0 Å². The zero-order valence-electron chi connectivity index (χ0n) is 9.62. The second-order valence-electron chi connectivity index (χ2n) is 4.30. The highest BCUT2D eigenvalue weighted by molar-refractivity contribution is 8.00. The summed E-state index contributed by atoms with van der Waals surface area (Å²) < 4.78 is 5.42. The molecule has 82 valence electrons. The summed E-state index contributed by atoms with van der Waals surface area (Å²) in [7, 11) is 1.76. The van der Waals surface area contributed by atoms with Gasteiger partial charge >= 0.3 is 0 Å². The zero-order chi connectivity index (χ0) is 10.8. The molecule has 1 unspecified atom stereocenters. The Bertz CT molecular complexity index is 342. The molecule has 0 saturated carbocycles. The van der Waals surface area contributed by atoms with Crippen LogP contribution in [0.25, 0.3) is 0 Å². The summed E-state index contributed by atoms with van der Waals surface area (Å²) in [5, 5.41) is 0.665. The highest BCUT2D eigenvalue weighted by Crippen LogP contribution is 2.46. The van der Waals surface area contributed by atoms with Crippen molar-refractivity contribution in [1.82, 2.24) is 0 Å². The van der Waals surface area contributed by atoms with Gasteiger partial charge in [-0.2, -0.15) is 11.8 Å². The molecule has 1 atom stereocenters. The molecule has 0 aliphatic carbocycles. The summed E-state index contributed by atoms with van der Waals surface area (Å²) in [6.07, 6.45) is 1.29. The van der Waals surface area contributed by atoms with Crippen LogP contribution in [0.3, 0.4) is 0 Å². The van der Waals surface area contributed by atoms with Gasteiger partial charge in [-0.25, -0.2) is 0 Å². The lowest BCUT2D eigenvalue weighted by molar-refractivity contribution is 0.408. The van der Waals surface area contributed by atoms with E-state index in [9.17, 15) is 0 Å². The van der Waals surface area contributed by atoms with Gasteiger partial charge in [0.15, 0.2) is 0 Å². The van der Waals surface area contributed by atoms with E-state index in [0.717, 1.165) is 5.75 Å². The number of hydrogen-bond acceptors (Lipinski definition) is 2. The lowest BCUT2D eigenvalue weighted by Crippen LogP contribution is -2.09. The summed E-state index contributed by atoms with van der Waals surface area (Å²) in [5.74, 6) is 2.94. The first-order valence-corrected chi connectivity index (χ1v) is 6.56. The number of hydrogen-bond donors (Lipinski definition) is 0. The number of thioether (sulfide) groups is 1. The first-order chi connectivity index (χ1) is 7.22. The molecule has 1 saturated heterocycles. The number of benzene rings is 1. The average molecular weight is 222 g/mol. The lowest BCUT2D eigenvalue weighted by Gasteiger charge is -2.27. The van der Waals surface area contributed by atoms with Crippen LogP contribution in [-0.4, -0.2) is 12.9 Å². The van der Waals surface area contributed by atoms with Crippen LogP contribution in [0.2, 0.25) is 0 Å². The van der Waals surface area contributed by atoms with Crippen molar-refractivity contribution in [3.63, 3.8) is 0 Å². The standard InChI is InChI=1S/C13H18OS/c1-9(2)10-4-5-12(14-3)11(8-10)13-6-7-15-13/h4-5,8-9,13H,6-7H2,1-3H3. The second-order valence-corrected chi connectivity index (χ2v) is 5.61. The Morgan fingerprint density at radius 3 is 2.60 bits per heavy atom. The molecular formula is C13H18OS. The maximum atomic E-state index is 5.42. The molecule has 0 amide bonds. The minimum absolute atomic E-state index is 0.597. The molecule has 1 aliphatic rings. The molecule has 0 radical (unpaired) electrons. The maximum Gasteiger partial charge on any atom is 0.123 e. The fraction of sp³-hybridized carbons (Fsp3) is 0.538. The molecule has 0 N–H and O–H groups in total. The van der Waals surface area contributed by atoms with Crippen LogP contribution in [0.1, 0.15) is 42.6 Å². The molecule has 1 heterocycles. The van der Waals surface area contributed by atoms with Gasteiger partial charge in [0, 0.05) is 10.8 Å². The van der Waals surface area contributed by atoms with Gasteiger partial charge in [0.2, 0.25) is 0 Å². The number of rotatable bonds is 3. The van der Waals surface area contributed by atoms with Crippen molar-refractivity contribution < 1.29 is 4.74 Å². The van der Waals surface area contributed by atoms with E-state index in [-0.39, 0.29) is 0 Å². The third-order valence-electron chi connectivity index (χ3n) is 2.97. The van der Waals surface area contributed by atoms with Gasteiger partial charge in [0.05, 0.1) is 7.11 Å². The fourth-order valence-corrected chi connectivity index (χ4v) is 2.68. The molecule has 1 aromatic rings. The number of methoxy groups -OCH3 is 1. The predicted molar refractivity (Wildman–Crippen MR) is 66.9 cm³/mol. The first-order valence-electron chi connectivity index (χ1n) is 5.52. The van der Waals surface area contributed by atoms with Crippen molar-refractivity contribution in [3.8, 4) is 5.75 Å².